The first-order valence-electron chi connectivity index (χ1n) is 14.4. The summed E-state index contributed by atoms with van der Waals surface area (Å²) in [7, 11) is 0. The van der Waals surface area contributed by atoms with E-state index in [1.807, 2.05) is 41.0 Å². The van der Waals surface area contributed by atoms with Crippen molar-refractivity contribution in [1.82, 2.24) is 10.1 Å². The fourth-order valence-corrected chi connectivity index (χ4v) is 7.20. The number of fused-ring (bicyclic) bond motifs is 1. The number of aliphatic carboxylic acids is 1. The minimum Gasteiger partial charge on any atom is -0.480 e. The number of benzene rings is 2. The minimum atomic E-state index is -2.76. The highest BCUT2D eigenvalue weighted by atomic mass is 35.5. The Bertz CT molecular complexity index is 1500. The summed E-state index contributed by atoms with van der Waals surface area (Å²) in [5.41, 5.74) is 1.28. The van der Waals surface area contributed by atoms with Crippen LogP contribution in [-0.4, -0.2) is 65.5 Å². The maximum absolute atomic E-state index is 14.9. The van der Waals surface area contributed by atoms with Crippen LogP contribution in [0.4, 0.5) is 18.9 Å². The number of carbonyl (C=O) groups is 1. The highest BCUT2D eigenvalue weighted by Crippen LogP contribution is 2.51. The lowest BCUT2D eigenvalue weighted by Crippen LogP contribution is -2.62. The van der Waals surface area contributed by atoms with Gasteiger partial charge in [-0.1, -0.05) is 52.6 Å². The van der Waals surface area contributed by atoms with Crippen molar-refractivity contribution in [3.05, 3.63) is 69.4 Å². The Labute approximate surface area is 257 Å². The number of piperidine rings is 1. The van der Waals surface area contributed by atoms with Crippen LogP contribution in [0.2, 0.25) is 10.0 Å². The molecule has 4 unspecified atom stereocenters. The second kappa shape index (κ2) is 11.6. The average Bonchev–Trinajstić information content (AvgIpc) is 3.26. The predicted molar refractivity (Wildman–Crippen MR) is 157 cm³/mol. The van der Waals surface area contributed by atoms with E-state index in [9.17, 15) is 23.1 Å². The molecule has 7 nitrogen and oxygen atoms in total. The maximum atomic E-state index is 14.9. The molecule has 3 heterocycles. The number of carboxylic acid groups (broad SMARTS) is 1. The molecule has 0 radical (unpaired) electrons. The first-order chi connectivity index (χ1) is 20.6. The molecule has 43 heavy (non-hydrogen) atoms. The number of likely N-dealkylation sites (tertiary alicyclic amines) is 1. The molecule has 6 rings (SSSR count). The van der Waals surface area contributed by atoms with Crippen LogP contribution < -0.4 is 4.90 Å². The molecule has 2 aromatic carbocycles. The molecule has 4 atom stereocenters. The minimum absolute atomic E-state index is 0.00362. The van der Waals surface area contributed by atoms with E-state index in [0.29, 0.717) is 39.0 Å². The van der Waals surface area contributed by atoms with Crippen molar-refractivity contribution in [2.45, 2.75) is 62.9 Å². The maximum Gasteiger partial charge on any atom is 0.330 e. The van der Waals surface area contributed by atoms with Gasteiger partial charge in [-0.15, -0.1) is 0 Å². The average molecular weight is 639 g/mol. The summed E-state index contributed by atoms with van der Waals surface area (Å²) in [6.07, 6.45) is -1.08. The molecule has 0 spiro atoms. The second-order valence-corrected chi connectivity index (χ2v) is 12.4. The third-order valence-electron chi connectivity index (χ3n) is 9.00. The number of hydrogen-bond acceptors (Lipinski definition) is 6. The van der Waals surface area contributed by atoms with Gasteiger partial charge in [0, 0.05) is 60.3 Å². The van der Waals surface area contributed by atoms with Crippen LogP contribution in [-0.2, 0) is 28.1 Å². The van der Waals surface area contributed by atoms with Crippen molar-refractivity contribution in [2.75, 3.05) is 31.1 Å². The molecule has 1 saturated carbocycles. The van der Waals surface area contributed by atoms with Gasteiger partial charge in [0.2, 0.25) is 0 Å². The largest absolute Gasteiger partial charge is 0.480 e. The molecule has 1 saturated heterocycles. The van der Waals surface area contributed by atoms with E-state index in [4.69, 9.17) is 32.5 Å². The van der Waals surface area contributed by atoms with Crippen molar-refractivity contribution < 1.29 is 32.3 Å². The van der Waals surface area contributed by atoms with Crippen LogP contribution >= 0.6 is 23.2 Å². The number of nitrogens with zero attached hydrogens (tertiary/aromatic N) is 3. The van der Waals surface area contributed by atoms with E-state index in [-0.39, 0.29) is 57.7 Å². The van der Waals surface area contributed by atoms with Gasteiger partial charge in [-0.05, 0) is 38.0 Å². The smallest absolute Gasteiger partial charge is 0.330 e. The van der Waals surface area contributed by atoms with Crippen LogP contribution in [0.5, 0.6) is 0 Å². The zero-order valence-electron chi connectivity index (χ0n) is 23.5. The quantitative estimate of drug-likeness (QED) is 0.257. The molecule has 0 amide bonds. The monoisotopic (exact) mass is 637 g/mol. The zero-order valence-corrected chi connectivity index (χ0v) is 25.1. The molecule has 1 N–H and O–H groups in total. The number of alkyl halides is 3. The molecule has 3 aliphatic rings. The molecule has 2 aliphatic heterocycles. The van der Waals surface area contributed by atoms with Gasteiger partial charge in [0.25, 0.3) is 5.92 Å². The Morgan fingerprint density at radius 1 is 1.19 bits per heavy atom. The Morgan fingerprint density at radius 2 is 1.91 bits per heavy atom. The van der Waals surface area contributed by atoms with Gasteiger partial charge < -0.3 is 19.3 Å². The summed E-state index contributed by atoms with van der Waals surface area (Å²) in [6.45, 7) is 2.97. The molecule has 1 aliphatic carbocycles. The van der Waals surface area contributed by atoms with Crippen LogP contribution in [0.15, 0.2) is 47.0 Å². The summed E-state index contributed by atoms with van der Waals surface area (Å²) in [4.78, 5) is 17.0. The number of aromatic nitrogens is 1. The van der Waals surface area contributed by atoms with Gasteiger partial charge >= 0.3 is 5.97 Å². The summed E-state index contributed by atoms with van der Waals surface area (Å²) in [6, 6.07) is 11.8. The first kappa shape index (κ1) is 30.2. The van der Waals surface area contributed by atoms with Gasteiger partial charge in [-0.2, -0.15) is 0 Å². The Morgan fingerprint density at radius 3 is 2.58 bits per heavy atom. The number of carboxylic acids is 1. The van der Waals surface area contributed by atoms with Crippen molar-refractivity contribution in [3.63, 3.8) is 0 Å². The van der Waals surface area contributed by atoms with Crippen LogP contribution in [0.25, 0.3) is 11.3 Å². The molecular formula is C31H32Cl2F3N3O4. The van der Waals surface area contributed by atoms with Crippen LogP contribution in [0, 0.1) is 5.92 Å². The second-order valence-electron chi connectivity index (χ2n) is 11.6. The van der Waals surface area contributed by atoms with Crippen molar-refractivity contribution >= 4 is 34.9 Å². The zero-order chi connectivity index (χ0) is 30.5. The van der Waals surface area contributed by atoms with Crippen molar-refractivity contribution in [2.24, 2.45) is 5.92 Å². The summed E-state index contributed by atoms with van der Waals surface area (Å²) in [5, 5.41) is 15.5. The molecule has 1 aromatic heterocycles. The number of likely N-dealkylation sites (N-methyl/N-ethyl adjacent to an activating group) is 1. The molecule has 3 aromatic rings. The highest BCUT2D eigenvalue weighted by molar-refractivity contribution is 6.39. The normalized spacial score (nSPS) is 26.5. The number of hydrogen-bond donors (Lipinski definition) is 1. The van der Waals surface area contributed by atoms with E-state index in [2.05, 4.69) is 5.16 Å². The van der Waals surface area contributed by atoms with Crippen molar-refractivity contribution in [3.8, 4) is 11.3 Å². The molecule has 230 valence electrons. The molecular weight excluding hydrogens is 606 g/mol. The third kappa shape index (κ3) is 5.41. The summed E-state index contributed by atoms with van der Waals surface area (Å²) < 4.78 is 54.2. The Kier molecular flexibility index (Phi) is 8.17. The van der Waals surface area contributed by atoms with E-state index in [1.165, 1.54) is 0 Å². The molecule has 0 bridgehead atoms. The van der Waals surface area contributed by atoms with E-state index < -0.39 is 35.6 Å². The number of anilines is 1. The number of halogens is 5. The van der Waals surface area contributed by atoms with Gasteiger partial charge in [0.1, 0.15) is 17.6 Å². The van der Waals surface area contributed by atoms with Gasteiger partial charge in [0.05, 0.1) is 29.8 Å². The van der Waals surface area contributed by atoms with Crippen LogP contribution in [0.3, 0.4) is 0 Å². The lowest BCUT2D eigenvalue weighted by molar-refractivity contribution is -0.157. The fourth-order valence-electron chi connectivity index (χ4n) is 6.63. The number of para-hydroxylation sites is 1. The standard InChI is InChI=1S/C31H32Cl2F3N3O4/c1-2-38-17-30(29(40)41,22-6-3-4-9-25(22)38)39-11-10-19(34)13-20(39)15-42-16-21-26(12-18-14-31(18,35)36)43-37-28(21)27-23(32)7-5-8-24(27)33/h3-9,18-20H,2,10-17H2,1H3,(H,40,41). The van der Waals surface area contributed by atoms with Gasteiger partial charge in [-0.3, -0.25) is 4.90 Å². The topological polar surface area (TPSA) is 79.0 Å². The predicted octanol–water partition coefficient (Wildman–Crippen LogP) is 6.99. The van der Waals surface area contributed by atoms with Crippen LogP contribution in [0.1, 0.15) is 43.1 Å². The lowest BCUT2D eigenvalue weighted by Gasteiger charge is -2.46. The van der Waals surface area contributed by atoms with Gasteiger partial charge in [-0.25, -0.2) is 18.0 Å². The third-order valence-corrected chi connectivity index (χ3v) is 9.63. The highest BCUT2D eigenvalue weighted by Gasteiger charge is 2.57. The molecule has 2 fully saturated rings. The summed E-state index contributed by atoms with van der Waals surface area (Å²) in [5.74, 6) is -4.38. The first-order valence-corrected chi connectivity index (χ1v) is 15.2. The Balaban J connectivity index is 1.29. The Hall–Kier alpha value is -2.79. The fraction of sp³-hybridized carbons (Fsp3) is 0.484. The van der Waals surface area contributed by atoms with E-state index >= 15 is 0 Å². The number of ether oxygens (including phenoxy) is 1. The lowest BCUT2D eigenvalue weighted by atomic mass is 9.85. The van der Waals surface area contributed by atoms with Crippen molar-refractivity contribution in [1.29, 1.82) is 0 Å². The number of rotatable bonds is 10. The SMILES string of the molecule is CCN1CC(C(=O)O)(N2CCC(F)CC2COCc2c(-c3c(Cl)cccc3Cl)noc2CC2CC2(F)F)c2ccccc21. The van der Waals surface area contributed by atoms with Gasteiger partial charge in [0.15, 0.2) is 5.54 Å². The summed E-state index contributed by atoms with van der Waals surface area (Å²) >= 11 is 12.9. The van der Waals surface area contributed by atoms with E-state index in [1.54, 1.807) is 18.2 Å². The molecule has 12 heteroatoms. The van der Waals surface area contributed by atoms with E-state index in [0.717, 1.165) is 5.69 Å².